The molecule has 0 unspecified atom stereocenters. The van der Waals surface area contributed by atoms with Gasteiger partial charge in [0, 0.05) is 27.6 Å². The minimum Gasteiger partial charge on any atom is -0.309 e. The Bertz CT molecular complexity index is 587. The van der Waals surface area contributed by atoms with Crippen molar-refractivity contribution in [2.24, 2.45) is 0 Å². The first-order valence-electron chi connectivity index (χ1n) is 6.29. The zero-order chi connectivity index (χ0) is 12.7. The lowest BCUT2D eigenvalue weighted by Gasteiger charge is -2.28. The molecule has 0 amide bonds. The van der Waals surface area contributed by atoms with Crippen molar-refractivity contribution in [1.29, 1.82) is 0 Å². The molecule has 0 saturated heterocycles. The summed E-state index contributed by atoms with van der Waals surface area (Å²) in [6, 6.07) is 15.3. The molecule has 2 heteroatoms. The number of benzene rings is 2. The molecule has 0 aromatic heterocycles. The summed E-state index contributed by atoms with van der Waals surface area (Å²) in [5, 5.41) is 4.31. The molecule has 0 saturated carbocycles. The fraction of sp³-hybridized carbons (Fsp3) is 0.250. The van der Waals surface area contributed by atoms with E-state index < -0.39 is 0 Å². The average Bonchev–Trinajstić information content (AvgIpc) is 2.76. The molecule has 0 atom stereocenters. The molecular formula is C16H18N2. The highest BCUT2D eigenvalue weighted by Gasteiger charge is 2.22. The fourth-order valence-electron chi connectivity index (χ4n) is 2.66. The smallest absolute Gasteiger partial charge is 0.0560 e. The third-order valence-corrected chi connectivity index (χ3v) is 3.77. The molecule has 0 heterocycles. The van der Waals surface area contributed by atoms with Crippen molar-refractivity contribution in [3.63, 3.8) is 0 Å². The van der Waals surface area contributed by atoms with Gasteiger partial charge in [-0.15, -0.1) is 0 Å². The molecular weight excluding hydrogens is 220 g/mol. The van der Waals surface area contributed by atoms with Gasteiger partial charge in [-0.2, -0.15) is 0 Å². The molecule has 2 nitrogen and oxygen atoms in total. The third-order valence-electron chi connectivity index (χ3n) is 3.77. The van der Waals surface area contributed by atoms with Crippen LogP contribution in [0.5, 0.6) is 0 Å². The van der Waals surface area contributed by atoms with Gasteiger partial charge in [-0.25, -0.2) is 5.01 Å². The van der Waals surface area contributed by atoms with Crippen LogP contribution in [-0.2, 0) is 6.42 Å². The highest BCUT2D eigenvalue weighted by Crippen LogP contribution is 2.40. The molecule has 0 N–H and O–H groups in total. The van der Waals surface area contributed by atoms with E-state index in [1.165, 1.54) is 27.9 Å². The van der Waals surface area contributed by atoms with E-state index >= 15 is 0 Å². The second-order valence-electron chi connectivity index (χ2n) is 5.01. The lowest BCUT2D eigenvalue weighted by molar-refractivity contribution is 0.396. The summed E-state index contributed by atoms with van der Waals surface area (Å²) in [5.74, 6) is 0. The molecule has 1 aliphatic rings. The maximum absolute atomic E-state index is 2.23. The summed E-state index contributed by atoms with van der Waals surface area (Å²) in [6.45, 7) is 0. The second kappa shape index (κ2) is 4.14. The number of hydrogen-bond acceptors (Lipinski definition) is 2. The van der Waals surface area contributed by atoms with Gasteiger partial charge in [-0.3, -0.25) is 0 Å². The van der Waals surface area contributed by atoms with Gasteiger partial charge in [-0.05, 0) is 28.3 Å². The molecule has 92 valence electrons. The Labute approximate surface area is 108 Å². The molecule has 3 rings (SSSR count). The van der Waals surface area contributed by atoms with Crippen molar-refractivity contribution < 1.29 is 0 Å². The lowest BCUT2D eigenvalue weighted by atomic mass is 10.0. The standard InChI is InChI=1S/C16H18N2/c1-17(2)18(3)16-10-6-9-14-13-8-5-4-7-12(13)11-15(14)16/h4-10H,11H2,1-3H3. The first-order chi connectivity index (χ1) is 8.68. The highest BCUT2D eigenvalue weighted by molar-refractivity contribution is 5.82. The molecule has 18 heavy (non-hydrogen) atoms. The van der Waals surface area contributed by atoms with E-state index in [0.717, 1.165) is 6.42 Å². The van der Waals surface area contributed by atoms with E-state index in [9.17, 15) is 0 Å². The van der Waals surface area contributed by atoms with Crippen LogP contribution in [0.1, 0.15) is 11.1 Å². The summed E-state index contributed by atoms with van der Waals surface area (Å²) in [4.78, 5) is 0. The van der Waals surface area contributed by atoms with Crippen LogP contribution in [0.4, 0.5) is 5.69 Å². The molecule has 0 bridgehead atoms. The number of nitrogens with zero attached hydrogens (tertiary/aromatic N) is 2. The normalized spacial score (nSPS) is 12.4. The number of hydrazine groups is 1. The first kappa shape index (κ1) is 11.3. The molecule has 0 aliphatic heterocycles. The quantitative estimate of drug-likeness (QED) is 0.633. The number of fused-ring (bicyclic) bond motifs is 3. The average molecular weight is 238 g/mol. The van der Waals surface area contributed by atoms with Gasteiger partial charge in [0.05, 0.1) is 5.69 Å². The maximum Gasteiger partial charge on any atom is 0.0560 e. The summed E-state index contributed by atoms with van der Waals surface area (Å²) in [6.07, 6.45) is 1.04. The molecule has 1 aliphatic carbocycles. The summed E-state index contributed by atoms with van der Waals surface area (Å²) < 4.78 is 0. The van der Waals surface area contributed by atoms with Crippen molar-refractivity contribution in [3.8, 4) is 11.1 Å². The molecule has 2 aromatic carbocycles. The van der Waals surface area contributed by atoms with Crippen LogP contribution < -0.4 is 5.01 Å². The van der Waals surface area contributed by atoms with Crippen LogP contribution in [0, 0.1) is 0 Å². The van der Waals surface area contributed by atoms with Crippen LogP contribution in [0.25, 0.3) is 11.1 Å². The summed E-state index contributed by atoms with van der Waals surface area (Å²) >= 11 is 0. The van der Waals surface area contributed by atoms with E-state index in [4.69, 9.17) is 0 Å². The van der Waals surface area contributed by atoms with Crippen molar-refractivity contribution in [2.75, 3.05) is 26.2 Å². The van der Waals surface area contributed by atoms with E-state index in [2.05, 4.69) is 73.6 Å². The molecule has 0 radical (unpaired) electrons. The van der Waals surface area contributed by atoms with Crippen LogP contribution in [0.15, 0.2) is 42.5 Å². The molecule has 0 spiro atoms. The van der Waals surface area contributed by atoms with Crippen LogP contribution in [0.2, 0.25) is 0 Å². The van der Waals surface area contributed by atoms with E-state index in [1.807, 2.05) is 0 Å². The molecule has 0 fully saturated rings. The van der Waals surface area contributed by atoms with Gasteiger partial charge in [0.15, 0.2) is 0 Å². The monoisotopic (exact) mass is 238 g/mol. The number of rotatable bonds is 2. The summed E-state index contributed by atoms with van der Waals surface area (Å²) in [5.41, 5.74) is 6.95. The Morgan fingerprint density at radius 3 is 2.33 bits per heavy atom. The van der Waals surface area contributed by atoms with Crippen LogP contribution in [-0.4, -0.2) is 26.2 Å². The summed E-state index contributed by atoms with van der Waals surface area (Å²) in [7, 11) is 6.25. The largest absolute Gasteiger partial charge is 0.309 e. The Morgan fingerprint density at radius 2 is 1.56 bits per heavy atom. The van der Waals surface area contributed by atoms with Gasteiger partial charge in [0.1, 0.15) is 0 Å². The van der Waals surface area contributed by atoms with Gasteiger partial charge in [0.25, 0.3) is 0 Å². The Kier molecular flexibility index (Phi) is 2.60. The van der Waals surface area contributed by atoms with Crippen molar-refractivity contribution in [2.45, 2.75) is 6.42 Å². The minimum atomic E-state index is 1.04. The SMILES string of the molecule is CN(C)N(C)c1cccc2c1Cc1ccccc1-2. The number of anilines is 1. The Hall–Kier alpha value is -1.80. The topological polar surface area (TPSA) is 6.48 Å². The Morgan fingerprint density at radius 1 is 0.833 bits per heavy atom. The van der Waals surface area contributed by atoms with E-state index in [0.29, 0.717) is 0 Å². The van der Waals surface area contributed by atoms with Crippen LogP contribution in [0.3, 0.4) is 0 Å². The Balaban J connectivity index is 2.14. The lowest BCUT2D eigenvalue weighted by Crippen LogP contribution is -2.33. The number of hydrogen-bond donors (Lipinski definition) is 0. The van der Waals surface area contributed by atoms with Gasteiger partial charge in [0.2, 0.25) is 0 Å². The third kappa shape index (κ3) is 1.61. The fourth-order valence-corrected chi connectivity index (χ4v) is 2.66. The second-order valence-corrected chi connectivity index (χ2v) is 5.01. The predicted molar refractivity (Wildman–Crippen MR) is 76.8 cm³/mol. The van der Waals surface area contributed by atoms with Gasteiger partial charge < -0.3 is 5.01 Å². The van der Waals surface area contributed by atoms with Crippen molar-refractivity contribution in [1.82, 2.24) is 5.01 Å². The van der Waals surface area contributed by atoms with E-state index in [1.54, 1.807) is 0 Å². The van der Waals surface area contributed by atoms with Crippen LogP contribution >= 0.6 is 0 Å². The van der Waals surface area contributed by atoms with Crippen molar-refractivity contribution in [3.05, 3.63) is 53.6 Å². The maximum atomic E-state index is 2.23. The predicted octanol–water partition coefficient (Wildman–Crippen LogP) is 3.17. The molecule has 2 aromatic rings. The zero-order valence-electron chi connectivity index (χ0n) is 11.1. The van der Waals surface area contributed by atoms with Gasteiger partial charge in [-0.1, -0.05) is 36.4 Å². The first-order valence-corrected chi connectivity index (χ1v) is 6.29. The minimum absolute atomic E-state index is 1.04. The highest BCUT2D eigenvalue weighted by atomic mass is 15.6. The van der Waals surface area contributed by atoms with Gasteiger partial charge >= 0.3 is 0 Å². The zero-order valence-corrected chi connectivity index (χ0v) is 11.1. The van der Waals surface area contributed by atoms with E-state index in [-0.39, 0.29) is 0 Å². The van der Waals surface area contributed by atoms with Crippen molar-refractivity contribution >= 4 is 5.69 Å².